The Hall–Kier alpha value is -3.54. The lowest BCUT2D eigenvalue weighted by Gasteiger charge is -2.35. The Labute approximate surface area is 194 Å². The van der Waals surface area contributed by atoms with Gasteiger partial charge in [-0.1, -0.05) is 48.0 Å². The number of rotatable bonds is 7. The molecule has 1 aromatic heterocycles. The minimum Gasteiger partial charge on any atom is -0.497 e. The molecule has 5 rings (SSSR count). The molecule has 1 fully saturated rings. The number of methoxy groups -OCH3 is 2. The van der Waals surface area contributed by atoms with Crippen LogP contribution in [-0.2, 0) is 16.7 Å². The van der Waals surface area contributed by atoms with Gasteiger partial charge in [-0.25, -0.2) is 0 Å². The number of H-pyrrole nitrogens is 1. The van der Waals surface area contributed by atoms with Gasteiger partial charge in [0, 0.05) is 29.0 Å². The topological polar surface area (TPSA) is 68.7 Å². The molecule has 6 heteroatoms. The first-order valence-electron chi connectivity index (χ1n) is 11.4. The van der Waals surface area contributed by atoms with Gasteiger partial charge < -0.3 is 14.3 Å². The second-order valence-corrected chi connectivity index (χ2v) is 8.69. The minimum atomic E-state index is -0.343. The zero-order chi connectivity index (χ0) is 22.8. The molecule has 0 saturated heterocycles. The number of fused-ring (bicyclic) bond motifs is 1. The van der Waals surface area contributed by atoms with Gasteiger partial charge in [0.25, 0.3) is 0 Å². The lowest BCUT2D eigenvalue weighted by molar-refractivity contribution is 0.208. The Bertz CT molecular complexity index is 1120. The number of allylic oxidation sites excluding steroid dienone is 1. The Balaban J connectivity index is 1.59. The van der Waals surface area contributed by atoms with Gasteiger partial charge in [-0.2, -0.15) is 5.10 Å². The fourth-order valence-corrected chi connectivity index (χ4v) is 4.89. The van der Waals surface area contributed by atoms with E-state index in [1.165, 1.54) is 17.5 Å². The molecule has 6 nitrogen and oxygen atoms in total. The lowest BCUT2D eigenvalue weighted by atomic mass is 9.68. The summed E-state index contributed by atoms with van der Waals surface area (Å²) in [4.78, 5) is 5.19. The maximum absolute atomic E-state index is 5.40. The number of aromatic nitrogens is 2. The van der Waals surface area contributed by atoms with Crippen LogP contribution in [0.4, 0.5) is 0 Å². The first kappa shape index (κ1) is 21.3. The van der Waals surface area contributed by atoms with Gasteiger partial charge in [0.05, 0.1) is 14.2 Å². The van der Waals surface area contributed by atoms with Crippen molar-refractivity contribution in [2.75, 3.05) is 21.3 Å². The van der Waals surface area contributed by atoms with Crippen molar-refractivity contribution in [2.45, 2.75) is 31.1 Å². The number of nitrogens with zero attached hydrogens (tertiary/aromatic N) is 2. The molecule has 0 spiro atoms. The molecule has 1 heterocycles. The van der Waals surface area contributed by atoms with E-state index in [9.17, 15) is 0 Å². The zero-order valence-electron chi connectivity index (χ0n) is 19.3. The van der Waals surface area contributed by atoms with Gasteiger partial charge in [0.1, 0.15) is 30.0 Å². The smallest absolute Gasteiger partial charge is 0.118 e. The van der Waals surface area contributed by atoms with Crippen LogP contribution in [0.1, 0.15) is 47.3 Å². The van der Waals surface area contributed by atoms with E-state index in [2.05, 4.69) is 46.7 Å². The highest BCUT2D eigenvalue weighted by Gasteiger charge is 2.38. The second kappa shape index (κ2) is 8.77. The van der Waals surface area contributed by atoms with Crippen molar-refractivity contribution in [3.8, 4) is 11.5 Å². The van der Waals surface area contributed by atoms with Crippen molar-refractivity contribution >= 4 is 11.8 Å². The molecule has 170 valence electrons. The molecule has 3 aromatic rings. The fraction of sp³-hybridized carbons (Fsp3) is 0.333. The highest BCUT2D eigenvalue weighted by Crippen LogP contribution is 2.43. The average molecular weight is 444 g/mol. The zero-order valence-corrected chi connectivity index (χ0v) is 19.3. The summed E-state index contributed by atoms with van der Waals surface area (Å²) in [5.74, 6) is 2.10. The summed E-state index contributed by atoms with van der Waals surface area (Å²) in [6, 6.07) is 16.6. The minimum absolute atomic E-state index is 0.343. The highest BCUT2D eigenvalue weighted by atomic mass is 16.6. The van der Waals surface area contributed by atoms with Crippen molar-refractivity contribution < 1.29 is 14.3 Å². The number of nitrogens with one attached hydrogen (secondary N) is 1. The number of oxime groups is 1. The molecular formula is C27H29N3O3. The number of hydrogen-bond acceptors (Lipinski definition) is 5. The molecule has 1 N–H and O–H groups in total. The average Bonchev–Trinajstić information content (AvgIpc) is 3.25. The molecule has 2 aliphatic rings. The summed E-state index contributed by atoms with van der Waals surface area (Å²) in [6.07, 6.45) is 8.74. The van der Waals surface area contributed by atoms with Gasteiger partial charge in [0.2, 0.25) is 0 Å². The lowest BCUT2D eigenvalue weighted by Crippen LogP contribution is -2.31. The van der Waals surface area contributed by atoms with Crippen molar-refractivity contribution in [1.82, 2.24) is 10.2 Å². The Morgan fingerprint density at radius 1 is 0.939 bits per heavy atom. The Morgan fingerprint density at radius 3 is 2.03 bits per heavy atom. The molecular weight excluding hydrogens is 414 g/mol. The van der Waals surface area contributed by atoms with Crippen LogP contribution in [0.3, 0.4) is 0 Å². The van der Waals surface area contributed by atoms with E-state index in [1.807, 2.05) is 24.3 Å². The second-order valence-electron chi connectivity index (χ2n) is 8.69. The molecule has 0 atom stereocenters. The first-order chi connectivity index (χ1) is 16.2. The van der Waals surface area contributed by atoms with Crippen LogP contribution in [0.25, 0.3) is 6.08 Å². The predicted octanol–water partition coefficient (Wildman–Crippen LogP) is 5.13. The Morgan fingerprint density at radius 2 is 1.55 bits per heavy atom. The van der Waals surface area contributed by atoms with Crippen molar-refractivity contribution in [3.63, 3.8) is 0 Å². The molecule has 2 aromatic carbocycles. The van der Waals surface area contributed by atoms with E-state index in [0.717, 1.165) is 53.4 Å². The molecule has 0 unspecified atom stereocenters. The van der Waals surface area contributed by atoms with E-state index in [4.69, 9.17) is 19.4 Å². The largest absolute Gasteiger partial charge is 0.497 e. The number of hydrogen-bond donors (Lipinski definition) is 1. The quantitative estimate of drug-likeness (QED) is 0.406. The van der Waals surface area contributed by atoms with Crippen LogP contribution in [0.2, 0.25) is 0 Å². The summed E-state index contributed by atoms with van der Waals surface area (Å²) in [6.45, 7) is 0. The van der Waals surface area contributed by atoms with E-state index < -0.39 is 0 Å². The van der Waals surface area contributed by atoms with E-state index in [1.54, 1.807) is 21.3 Å². The van der Waals surface area contributed by atoms with Gasteiger partial charge in [0.15, 0.2) is 0 Å². The van der Waals surface area contributed by atoms with E-state index >= 15 is 0 Å². The number of aromatic amines is 1. The summed E-state index contributed by atoms with van der Waals surface area (Å²) in [5, 5.41) is 12.4. The molecule has 33 heavy (non-hydrogen) atoms. The third-order valence-corrected chi connectivity index (χ3v) is 7.01. The molecule has 0 bridgehead atoms. The molecule has 0 aliphatic heterocycles. The summed E-state index contributed by atoms with van der Waals surface area (Å²) in [5.41, 5.74) is 6.10. The van der Waals surface area contributed by atoms with Crippen LogP contribution < -0.4 is 9.47 Å². The third kappa shape index (κ3) is 3.69. The van der Waals surface area contributed by atoms with Crippen molar-refractivity contribution in [3.05, 3.63) is 82.7 Å². The standard InChI is InChI=1S/C27H29N3O3/c1-31-21-11-7-19(8-12-21)27(20-9-13-22(32-2)14-10-20)16-15-23-24(17-27)28-29-26(23)25(30-33-3)18-5-4-6-18/h7-16,18H,4-6,17H2,1-3H3,(H,28,29). The number of ether oxygens (including phenoxy) is 2. The van der Waals surface area contributed by atoms with Gasteiger partial charge >= 0.3 is 0 Å². The van der Waals surface area contributed by atoms with Crippen LogP contribution in [-0.4, -0.2) is 37.2 Å². The maximum Gasteiger partial charge on any atom is 0.118 e. The highest BCUT2D eigenvalue weighted by molar-refractivity contribution is 6.04. The van der Waals surface area contributed by atoms with E-state index in [0.29, 0.717) is 5.92 Å². The van der Waals surface area contributed by atoms with Crippen molar-refractivity contribution in [2.24, 2.45) is 11.1 Å². The molecule has 0 radical (unpaired) electrons. The molecule has 0 amide bonds. The van der Waals surface area contributed by atoms with Crippen LogP contribution in [0, 0.1) is 5.92 Å². The van der Waals surface area contributed by atoms with Crippen LogP contribution in [0.15, 0.2) is 59.8 Å². The normalized spacial score (nSPS) is 17.2. The van der Waals surface area contributed by atoms with Crippen molar-refractivity contribution in [1.29, 1.82) is 0 Å². The summed E-state index contributed by atoms with van der Waals surface area (Å²) >= 11 is 0. The van der Waals surface area contributed by atoms with Gasteiger partial charge in [-0.15, -0.1) is 0 Å². The summed E-state index contributed by atoms with van der Waals surface area (Å²) < 4.78 is 10.8. The van der Waals surface area contributed by atoms with E-state index in [-0.39, 0.29) is 5.41 Å². The SMILES string of the molecule is CON=C(c1n[nH]c2c1C=CC(c1ccc(OC)cc1)(c1ccc(OC)cc1)C2)C1CCC1. The van der Waals surface area contributed by atoms with Crippen LogP contribution in [0.5, 0.6) is 11.5 Å². The molecule has 2 aliphatic carbocycles. The summed E-state index contributed by atoms with van der Waals surface area (Å²) in [7, 11) is 4.98. The maximum atomic E-state index is 5.40. The number of benzene rings is 2. The first-order valence-corrected chi connectivity index (χ1v) is 11.4. The molecule has 1 saturated carbocycles. The fourth-order valence-electron chi connectivity index (χ4n) is 4.89. The van der Waals surface area contributed by atoms with Gasteiger partial charge in [-0.3, -0.25) is 5.10 Å². The third-order valence-electron chi connectivity index (χ3n) is 7.01. The monoisotopic (exact) mass is 443 g/mol. The van der Waals surface area contributed by atoms with Gasteiger partial charge in [-0.05, 0) is 48.2 Å². The van der Waals surface area contributed by atoms with Crippen LogP contribution >= 0.6 is 0 Å². The predicted molar refractivity (Wildman–Crippen MR) is 129 cm³/mol. The Kier molecular flexibility index (Phi) is 5.67.